The van der Waals surface area contributed by atoms with Crippen LogP contribution in [-0.4, -0.2) is 30.7 Å². The molecule has 0 radical (unpaired) electrons. The van der Waals surface area contributed by atoms with E-state index in [9.17, 15) is 9.90 Å². The fraction of sp³-hybridized carbons (Fsp3) is 0.364. The van der Waals surface area contributed by atoms with Crippen molar-refractivity contribution >= 4 is 17.6 Å². The van der Waals surface area contributed by atoms with Crippen LogP contribution in [0.3, 0.4) is 0 Å². The number of methoxy groups -OCH3 is 2. The molecule has 0 aliphatic rings. The van der Waals surface area contributed by atoms with Gasteiger partial charge in [-0.05, 0) is 17.7 Å². The number of halogens is 1. The number of aliphatic hydroxyl groups excluding tert-OH is 1. The van der Waals surface area contributed by atoms with Gasteiger partial charge in [-0.2, -0.15) is 0 Å². The Morgan fingerprint density at radius 1 is 1.31 bits per heavy atom. The van der Waals surface area contributed by atoms with Crippen molar-refractivity contribution in [3.63, 3.8) is 0 Å². The molecule has 0 aromatic heterocycles. The summed E-state index contributed by atoms with van der Waals surface area (Å²) in [6.07, 6.45) is -1.10. The summed E-state index contributed by atoms with van der Waals surface area (Å²) in [7, 11) is 2.77. The highest BCUT2D eigenvalue weighted by Gasteiger charge is 2.26. The monoisotopic (exact) mass is 244 g/mol. The number of ether oxygens (including phenoxy) is 2. The van der Waals surface area contributed by atoms with Crippen molar-refractivity contribution in [2.45, 2.75) is 11.5 Å². The first-order valence-corrected chi connectivity index (χ1v) is 5.07. The molecule has 0 aliphatic heterocycles. The van der Waals surface area contributed by atoms with Crippen LogP contribution in [0.2, 0.25) is 0 Å². The number of aliphatic hydroxyl groups is 1. The molecule has 2 atom stereocenters. The average Bonchev–Trinajstić information content (AvgIpc) is 2.36. The Hall–Kier alpha value is -1.26. The first kappa shape index (κ1) is 12.8. The van der Waals surface area contributed by atoms with E-state index >= 15 is 0 Å². The number of rotatable bonds is 4. The van der Waals surface area contributed by atoms with Crippen LogP contribution in [0, 0.1) is 0 Å². The topological polar surface area (TPSA) is 55.8 Å². The minimum atomic E-state index is -1.11. The molecule has 1 aromatic rings. The lowest BCUT2D eigenvalue weighted by molar-refractivity contribution is -0.142. The van der Waals surface area contributed by atoms with Gasteiger partial charge in [0.25, 0.3) is 0 Å². The lowest BCUT2D eigenvalue weighted by Crippen LogP contribution is -2.23. The molecule has 0 saturated heterocycles. The van der Waals surface area contributed by atoms with Gasteiger partial charge < -0.3 is 14.6 Å². The van der Waals surface area contributed by atoms with Gasteiger partial charge in [0.2, 0.25) is 0 Å². The van der Waals surface area contributed by atoms with Gasteiger partial charge in [0.15, 0.2) is 5.38 Å². The number of benzene rings is 1. The summed E-state index contributed by atoms with van der Waals surface area (Å²) in [6, 6.07) is 6.64. The van der Waals surface area contributed by atoms with Crippen molar-refractivity contribution in [2.24, 2.45) is 0 Å². The molecule has 0 fully saturated rings. The molecule has 0 heterocycles. The summed E-state index contributed by atoms with van der Waals surface area (Å²) in [4.78, 5) is 11.1. The highest BCUT2D eigenvalue weighted by Crippen LogP contribution is 2.23. The lowest BCUT2D eigenvalue weighted by atomic mass is 10.1. The second kappa shape index (κ2) is 5.72. The van der Waals surface area contributed by atoms with E-state index in [0.29, 0.717) is 11.3 Å². The van der Waals surface area contributed by atoms with Crippen molar-refractivity contribution in [3.8, 4) is 5.75 Å². The van der Waals surface area contributed by atoms with Crippen LogP contribution in [-0.2, 0) is 9.53 Å². The van der Waals surface area contributed by atoms with Crippen molar-refractivity contribution in [3.05, 3.63) is 29.8 Å². The van der Waals surface area contributed by atoms with Gasteiger partial charge in [0.1, 0.15) is 11.9 Å². The van der Waals surface area contributed by atoms with Crippen molar-refractivity contribution in [2.75, 3.05) is 14.2 Å². The van der Waals surface area contributed by atoms with Gasteiger partial charge in [0, 0.05) is 0 Å². The Kier molecular flexibility index (Phi) is 4.58. The molecular formula is C11H13ClO4. The van der Waals surface area contributed by atoms with Crippen molar-refractivity contribution < 1.29 is 19.4 Å². The van der Waals surface area contributed by atoms with Gasteiger partial charge in [-0.1, -0.05) is 12.1 Å². The predicted molar refractivity (Wildman–Crippen MR) is 59.6 cm³/mol. The summed E-state index contributed by atoms with van der Waals surface area (Å²) in [5.41, 5.74) is 0.534. The van der Waals surface area contributed by atoms with Crippen LogP contribution in [0.1, 0.15) is 11.7 Å². The zero-order valence-corrected chi connectivity index (χ0v) is 9.77. The van der Waals surface area contributed by atoms with Gasteiger partial charge in [-0.25, -0.2) is 0 Å². The van der Waals surface area contributed by atoms with Crippen LogP contribution >= 0.6 is 11.6 Å². The Balaban J connectivity index is 2.79. The molecule has 1 rings (SSSR count). The van der Waals surface area contributed by atoms with E-state index in [1.54, 1.807) is 31.4 Å². The second-order valence-electron chi connectivity index (χ2n) is 3.14. The Bertz CT molecular complexity index is 350. The third-order valence-electron chi connectivity index (χ3n) is 2.16. The summed E-state index contributed by atoms with van der Waals surface area (Å²) in [5.74, 6) is 0.00475. The molecule has 5 heteroatoms. The smallest absolute Gasteiger partial charge is 0.326 e. The van der Waals surface area contributed by atoms with E-state index in [2.05, 4.69) is 4.74 Å². The van der Waals surface area contributed by atoms with Gasteiger partial charge in [0.05, 0.1) is 14.2 Å². The molecule has 0 amide bonds. The van der Waals surface area contributed by atoms with Gasteiger partial charge >= 0.3 is 5.97 Å². The highest BCUT2D eigenvalue weighted by atomic mass is 35.5. The fourth-order valence-electron chi connectivity index (χ4n) is 1.21. The molecule has 0 spiro atoms. The Labute approximate surface area is 98.7 Å². The molecule has 88 valence electrons. The number of carbonyl (C=O) groups excluding carboxylic acids is 1. The lowest BCUT2D eigenvalue weighted by Gasteiger charge is -2.15. The normalized spacial score (nSPS) is 14.0. The average molecular weight is 245 g/mol. The van der Waals surface area contributed by atoms with E-state index in [1.807, 2.05) is 0 Å². The molecule has 0 aliphatic carbocycles. The third-order valence-corrected chi connectivity index (χ3v) is 2.58. The van der Waals surface area contributed by atoms with Crippen molar-refractivity contribution in [1.29, 1.82) is 0 Å². The standard InChI is InChI=1S/C11H13ClO4/c1-15-8-5-3-7(4-6-8)10(13)9(12)11(14)16-2/h3-6,9-10,13H,1-2H3/t9?,10-/m0/s1. The second-order valence-corrected chi connectivity index (χ2v) is 3.61. The maximum absolute atomic E-state index is 11.1. The number of carbonyl (C=O) groups is 1. The third kappa shape index (κ3) is 2.87. The van der Waals surface area contributed by atoms with Crippen LogP contribution in [0.5, 0.6) is 5.75 Å². The summed E-state index contributed by atoms with van der Waals surface area (Å²) in [6.45, 7) is 0. The van der Waals surface area contributed by atoms with Gasteiger partial charge in [-0.15, -0.1) is 11.6 Å². The maximum atomic E-state index is 11.1. The molecule has 4 nitrogen and oxygen atoms in total. The van der Waals surface area contributed by atoms with Crippen LogP contribution in [0.15, 0.2) is 24.3 Å². The molecule has 1 aromatic carbocycles. The van der Waals surface area contributed by atoms with E-state index in [0.717, 1.165) is 0 Å². The minimum absolute atomic E-state index is 0.534. The Morgan fingerprint density at radius 3 is 2.31 bits per heavy atom. The van der Waals surface area contributed by atoms with E-state index in [1.165, 1.54) is 7.11 Å². The van der Waals surface area contributed by atoms with Crippen LogP contribution in [0.25, 0.3) is 0 Å². The quantitative estimate of drug-likeness (QED) is 0.644. The number of alkyl halides is 1. The number of hydrogen-bond acceptors (Lipinski definition) is 4. The Morgan fingerprint density at radius 2 is 1.88 bits per heavy atom. The molecule has 16 heavy (non-hydrogen) atoms. The SMILES string of the molecule is COC(=O)C(Cl)[C@@H](O)c1ccc(OC)cc1. The zero-order valence-electron chi connectivity index (χ0n) is 9.01. The predicted octanol–water partition coefficient (Wildman–Crippen LogP) is 1.51. The van der Waals surface area contributed by atoms with Crippen LogP contribution in [0.4, 0.5) is 0 Å². The number of hydrogen-bond donors (Lipinski definition) is 1. The fourth-order valence-corrected chi connectivity index (χ4v) is 1.45. The summed E-state index contributed by atoms with van der Waals surface area (Å²) >= 11 is 5.73. The zero-order chi connectivity index (χ0) is 12.1. The van der Waals surface area contributed by atoms with E-state index in [-0.39, 0.29) is 0 Å². The van der Waals surface area contributed by atoms with E-state index < -0.39 is 17.5 Å². The van der Waals surface area contributed by atoms with Crippen molar-refractivity contribution in [1.82, 2.24) is 0 Å². The number of esters is 1. The first-order valence-electron chi connectivity index (χ1n) is 4.64. The molecule has 0 saturated carbocycles. The highest BCUT2D eigenvalue weighted by molar-refractivity contribution is 6.30. The van der Waals surface area contributed by atoms with Crippen LogP contribution < -0.4 is 4.74 Å². The molecule has 1 unspecified atom stereocenters. The summed E-state index contributed by atoms with van der Waals surface area (Å²) < 4.78 is 9.42. The molecular weight excluding hydrogens is 232 g/mol. The first-order chi connectivity index (χ1) is 7.60. The minimum Gasteiger partial charge on any atom is -0.497 e. The summed E-state index contributed by atoms with van der Waals surface area (Å²) in [5, 5.41) is 8.67. The molecule has 0 bridgehead atoms. The molecule has 1 N–H and O–H groups in total. The maximum Gasteiger partial charge on any atom is 0.326 e. The largest absolute Gasteiger partial charge is 0.497 e. The van der Waals surface area contributed by atoms with Gasteiger partial charge in [-0.3, -0.25) is 4.79 Å². The van der Waals surface area contributed by atoms with E-state index in [4.69, 9.17) is 16.3 Å².